The van der Waals surface area contributed by atoms with Crippen LogP contribution in [0.1, 0.15) is 265 Å². The molecular formula is C71H116O12. The van der Waals surface area contributed by atoms with Crippen molar-refractivity contribution in [2.24, 2.45) is 0 Å². The number of aliphatic hydroxyl groups is 2. The van der Waals surface area contributed by atoms with Crippen molar-refractivity contribution >= 4 is 23.9 Å². The molecule has 0 aromatic rings. The number of rotatable bonds is 55. The molecule has 0 amide bonds. The maximum absolute atomic E-state index is 13.2. The van der Waals surface area contributed by atoms with Crippen LogP contribution in [0.25, 0.3) is 0 Å². The van der Waals surface area contributed by atoms with Crippen LogP contribution in [0.2, 0.25) is 0 Å². The predicted molar refractivity (Wildman–Crippen MR) is 340 cm³/mol. The molecule has 0 radical (unpaired) electrons. The number of hydrogen-bond acceptors (Lipinski definition) is 11. The number of ether oxygens (including phenoxy) is 5. The van der Waals surface area contributed by atoms with Gasteiger partial charge in [-0.05, 0) is 96.3 Å². The number of carbonyl (C=O) groups is 4. The van der Waals surface area contributed by atoms with Crippen LogP contribution in [-0.4, -0.2) is 89.2 Å². The summed E-state index contributed by atoms with van der Waals surface area (Å²) in [5, 5.41) is 31.6. The maximum atomic E-state index is 13.2. The van der Waals surface area contributed by atoms with E-state index >= 15 is 0 Å². The van der Waals surface area contributed by atoms with E-state index in [0.29, 0.717) is 25.7 Å². The van der Waals surface area contributed by atoms with E-state index in [9.17, 15) is 34.5 Å². The minimum atomic E-state index is -1.93. The zero-order chi connectivity index (χ0) is 60.3. The Labute approximate surface area is 504 Å². The summed E-state index contributed by atoms with van der Waals surface area (Å²) in [6.07, 6.45) is 66.3. The van der Waals surface area contributed by atoms with Crippen molar-refractivity contribution in [2.45, 2.75) is 302 Å². The Balaban J connectivity index is 2.70. The van der Waals surface area contributed by atoms with Crippen LogP contribution < -0.4 is 0 Å². The fourth-order valence-electron chi connectivity index (χ4n) is 9.40. The lowest BCUT2D eigenvalue weighted by Gasteiger charge is -2.40. The average Bonchev–Trinajstić information content (AvgIpc) is 3.55. The lowest BCUT2D eigenvalue weighted by atomic mass is 9.98. The van der Waals surface area contributed by atoms with Crippen LogP contribution in [0, 0.1) is 0 Å². The fraction of sp³-hybridized carbons (Fsp3) is 0.690. The Morgan fingerprint density at radius 2 is 0.771 bits per heavy atom. The minimum Gasteiger partial charge on any atom is -0.479 e. The molecule has 1 heterocycles. The molecule has 1 fully saturated rings. The number of unbranched alkanes of at least 4 members (excludes halogenated alkanes) is 23. The van der Waals surface area contributed by atoms with Gasteiger partial charge >= 0.3 is 23.9 Å². The first-order chi connectivity index (χ1) is 40.6. The molecule has 6 atom stereocenters. The Morgan fingerprint density at radius 1 is 0.410 bits per heavy atom. The van der Waals surface area contributed by atoms with E-state index in [1.54, 1.807) is 0 Å². The van der Waals surface area contributed by atoms with Gasteiger partial charge in [0.05, 0.1) is 6.61 Å². The van der Waals surface area contributed by atoms with Crippen LogP contribution in [0.5, 0.6) is 0 Å². The van der Waals surface area contributed by atoms with Crippen molar-refractivity contribution in [3.8, 4) is 0 Å². The summed E-state index contributed by atoms with van der Waals surface area (Å²) in [4.78, 5) is 51.3. The maximum Gasteiger partial charge on any atom is 0.335 e. The molecule has 0 bridgehead atoms. The third-order valence-electron chi connectivity index (χ3n) is 14.3. The van der Waals surface area contributed by atoms with Crippen molar-refractivity contribution in [3.63, 3.8) is 0 Å². The molecule has 0 spiro atoms. The van der Waals surface area contributed by atoms with Gasteiger partial charge in [-0.15, -0.1) is 0 Å². The van der Waals surface area contributed by atoms with Crippen molar-refractivity contribution in [1.29, 1.82) is 0 Å². The van der Waals surface area contributed by atoms with Crippen LogP contribution in [-0.2, 0) is 42.9 Å². The van der Waals surface area contributed by atoms with E-state index in [1.165, 1.54) is 96.3 Å². The second kappa shape index (κ2) is 57.8. The number of aliphatic carboxylic acids is 1. The van der Waals surface area contributed by atoms with E-state index in [-0.39, 0.29) is 25.9 Å². The first kappa shape index (κ1) is 76.4. The Hall–Kier alpha value is -4.62. The zero-order valence-corrected chi connectivity index (χ0v) is 52.2. The fourth-order valence-corrected chi connectivity index (χ4v) is 9.40. The van der Waals surface area contributed by atoms with E-state index in [2.05, 4.69) is 118 Å². The van der Waals surface area contributed by atoms with Crippen LogP contribution in [0.3, 0.4) is 0 Å². The molecule has 12 nitrogen and oxygen atoms in total. The van der Waals surface area contributed by atoms with E-state index in [1.807, 2.05) is 12.2 Å². The van der Waals surface area contributed by atoms with Crippen molar-refractivity contribution in [3.05, 3.63) is 109 Å². The van der Waals surface area contributed by atoms with Crippen LogP contribution >= 0.6 is 0 Å². The molecule has 1 aliphatic rings. The lowest BCUT2D eigenvalue weighted by molar-refractivity contribution is -0.301. The van der Waals surface area contributed by atoms with Gasteiger partial charge in [0.1, 0.15) is 18.8 Å². The normalized spacial score (nSPS) is 18.3. The smallest absolute Gasteiger partial charge is 0.335 e. The summed E-state index contributed by atoms with van der Waals surface area (Å²) in [5.41, 5.74) is 0. The summed E-state index contributed by atoms with van der Waals surface area (Å²) >= 11 is 0. The Bertz CT molecular complexity index is 1860. The summed E-state index contributed by atoms with van der Waals surface area (Å²) < 4.78 is 28.5. The second-order valence-corrected chi connectivity index (χ2v) is 22.0. The molecule has 472 valence electrons. The topological polar surface area (TPSA) is 175 Å². The van der Waals surface area contributed by atoms with Gasteiger partial charge in [-0.25, -0.2) is 4.79 Å². The molecule has 6 unspecified atom stereocenters. The molecule has 1 saturated heterocycles. The molecule has 0 saturated carbocycles. The van der Waals surface area contributed by atoms with Gasteiger partial charge in [0, 0.05) is 19.3 Å². The van der Waals surface area contributed by atoms with Crippen LogP contribution in [0.15, 0.2) is 109 Å². The average molecular weight is 1160 g/mol. The number of carboxylic acids is 1. The number of allylic oxidation sites excluding steroid dienone is 18. The van der Waals surface area contributed by atoms with E-state index in [0.717, 1.165) is 103 Å². The second-order valence-electron chi connectivity index (χ2n) is 22.0. The Morgan fingerprint density at radius 3 is 1.19 bits per heavy atom. The third-order valence-corrected chi connectivity index (χ3v) is 14.3. The van der Waals surface area contributed by atoms with Gasteiger partial charge in [0.2, 0.25) is 0 Å². The van der Waals surface area contributed by atoms with Gasteiger partial charge in [-0.3, -0.25) is 14.4 Å². The van der Waals surface area contributed by atoms with Crippen molar-refractivity contribution < 1.29 is 58.2 Å². The summed E-state index contributed by atoms with van der Waals surface area (Å²) in [6, 6.07) is 0. The standard InChI is InChI=1S/C71H116O12/c1-4-7-10-13-16-19-22-25-28-31-32-35-36-39-42-45-48-51-54-57-63(72)79-60-62(81-64(73)58-55-52-49-46-43-40-37-33-29-26-23-20-17-14-11-8-5-2)61-80-71-69(67(76)66(75)68(83-71)70(77)78)82-65(74)59-56-53-50-47-44-41-38-34-30-27-24-21-18-15-12-9-6-3/h8-9,11-12,17-18,20-21,26-27,29-30,37-38,40-41,47,50,62,66-69,71,75-76H,4-7,10,13-16,19,22-25,28,31-36,39,42-46,48-49,51-61H2,1-3H3,(H,77,78)/b11-8-,12-9-,20-17-,21-18-,29-26-,30-27-,40-37-,41-38-,50-47-. The highest BCUT2D eigenvalue weighted by Gasteiger charge is 2.50. The quantitative estimate of drug-likeness (QED) is 0.0228. The summed E-state index contributed by atoms with van der Waals surface area (Å²) in [5.74, 6) is -3.23. The number of aliphatic hydroxyl groups excluding tert-OH is 2. The number of carboxylic acid groups (broad SMARTS) is 1. The Kier molecular flexibility index (Phi) is 53.2. The summed E-state index contributed by atoms with van der Waals surface area (Å²) in [6.45, 7) is 5.75. The largest absolute Gasteiger partial charge is 0.479 e. The molecule has 12 heteroatoms. The number of esters is 3. The highest BCUT2D eigenvalue weighted by molar-refractivity contribution is 5.74. The highest BCUT2D eigenvalue weighted by atomic mass is 16.7. The molecule has 0 aromatic carbocycles. The van der Waals surface area contributed by atoms with Gasteiger partial charge in [-0.1, -0.05) is 259 Å². The molecular weight excluding hydrogens is 1040 g/mol. The SMILES string of the molecule is CC/C=C\C/C=C\C/C=C\C/C=C\C/C=C\CCCC(=O)OC1C(OCC(COC(=O)CCCCCCCCCCCCCCCCCCCCC)OC(=O)CCCCCC/C=C\C/C=C\C/C=C\C/C=C\CC)OC(C(=O)O)C(O)C1O. The first-order valence-corrected chi connectivity index (χ1v) is 32.9. The van der Waals surface area contributed by atoms with Gasteiger partial charge in [-0.2, -0.15) is 0 Å². The molecule has 0 aliphatic carbocycles. The lowest BCUT2D eigenvalue weighted by Crippen LogP contribution is -2.61. The predicted octanol–water partition coefficient (Wildman–Crippen LogP) is 17.8. The monoisotopic (exact) mass is 1160 g/mol. The van der Waals surface area contributed by atoms with E-state index < -0.39 is 67.3 Å². The number of hydrogen-bond donors (Lipinski definition) is 3. The van der Waals surface area contributed by atoms with Crippen molar-refractivity contribution in [1.82, 2.24) is 0 Å². The molecule has 3 N–H and O–H groups in total. The number of carbonyl (C=O) groups excluding carboxylic acids is 3. The first-order valence-electron chi connectivity index (χ1n) is 32.9. The zero-order valence-electron chi connectivity index (χ0n) is 52.2. The van der Waals surface area contributed by atoms with Crippen LogP contribution in [0.4, 0.5) is 0 Å². The molecule has 0 aromatic heterocycles. The minimum absolute atomic E-state index is 0.0250. The van der Waals surface area contributed by atoms with Gasteiger partial charge in [0.15, 0.2) is 24.6 Å². The van der Waals surface area contributed by atoms with Gasteiger partial charge in [0.25, 0.3) is 0 Å². The molecule has 83 heavy (non-hydrogen) atoms. The summed E-state index contributed by atoms with van der Waals surface area (Å²) in [7, 11) is 0. The van der Waals surface area contributed by atoms with Gasteiger partial charge < -0.3 is 39.0 Å². The third kappa shape index (κ3) is 47.3. The molecule has 1 rings (SSSR count). The van der Waals surface area contributed by atoms with E-state index in [4.69, 9.17) is 23.7 Å². The van der Waals surface area contributed by atoms with Crippen molar-refractivity contribution in [2.75, 3.05) is 13.2 Å². The molecule has 1 aliphatic heterocycles. The highest BCUT2D eigenvalue weighted by Crippen LogP contribution is 2.26.